The van der Waals surface area contributed by atoms with E-state index in [1.54, 1.807) is 0 Å². The van der Waals surface area contributed by atoms with Crippen molar-refractivity contribution in [1.82, 2.24) is 4.98 Å². The molecule has 0 fully saturated rings. The first-order valence-corrected chi connectivity index (χ1v) is 2.99. The number of fused-ring (bicyclic) bond motifs is 1. The quantitative estimate of drug-likeness (QED) is 0.586. The first kappa shape index (κ1) is 7.39. The summed E-state index contributed by atoms with van der Waals surface area (Å²) >= 11 is 0. The van der Waals surface area contributed by atoms with Gasteiger partial charge in [0.25, 0.3) is 0 Å². The molecule has 0 unspecified atom stereocenters. The van der Waals surface area contributed by atoms with E-state index in [4.69, 9.17) is 0 Å². The molecule has 1 N–H and O–H groups in total. The number of rotatable bonds is 0. The Morgan fingerprint density at radius 2 is 1.80 bits per heavy atom. The molecule has 2 aromatic rings. The Bertz CT molecular complexity index is 283. The van der Waals surface area contributed by atoms with E-state index in [1.807, 2.05) is 18.3 Å². The van der Waals surface area contributed by atoms with Gasteiger partial charge in [0.15, 0.2) is 0 Å². The molecule has 0 bridgehead atoms. The minimum absolute atomic E-state index is 0. The Hall–Kier alpha value is -0.721. The van der Waals surface area contributed by atoms with Gasteiger partial charge in [-0.1, -0.05) is 18.2 Å². The van der Waals surface area contributed by atoms with E-state index in [1.165, 1.54) is 10.9 Å². The molecule has 0 saturated carbocycles. The summed E-state index contributed by atoms with van der Waals surface area (Å²) in [5.74, 6) is 0. The molecule has 1 aromatic heterocycles. The van der Waals surface area contributed by atoms with Crippen LogP contribution in [0.3, 0.4) is 0 Å². The Balaban J connectivity index is 0.000000500. The minimum Gasteiger partial charge on any atom is -0.361 e. The first-order chi connectivity index (χ1) is 4.47. The fourth-order valence-electron chi connectivity index (χ4n) is 0.995. The van der Waals surface area contributed by atoms with Gasteiger partial charge in [-0.25, -0.2) is 0 Å². The van der Waals surface area contributed by atoms with Crippen LogP contribution in [-0.2, 0) is 17.1 Å². The molecule has 1 radical (unpaired) electrons. The van der Waals surface area contributed by atoms with E-state index in [9.17, 15) is 0 Å². The number of benzene rings is 1. The summed E-state index contributed by atoms with van der Waals surface area (Å²) in [6, 6.07) is 10.3. The van der Waals surface area contributed by atoms with Crippen LogP contribution in [0.15, 0.2) is 36.5 Å². The van der Waals surface area contributed by atoms with Crippen LogP contribution in [0.5, 0.6) is 0 Å². The maximum Gasteiger partial charge on any atom is 0.0453 e. The summed E-state index contributed by atoms with van der Waals surface area (Å²) in [7, 11) is 0. The van der Waals surface area contributed by atoms with Gasteiger partial charge in [0.1, 0.15) is 0 Å². The molecule has 0 atom stereocenters. The van der Waals surface area contributed by atoms with E-state index >= 15 is 0 Å². The molecule has 0 amide bonds. The van der Waals surface area contributed by atoms with Crippen molar-refractivity contribution in [1.29, 1.82) is 0 Å². The third-order valence-corrected chi connectivity index (χ3v) is 1.46. The summed E-state index contributed by atoms with van der Waals surface area (Å²) in [5, 5.41) is 1.28. The largest absolute Gasteiger partial charge is 0.361 e. The van der Waals surface area contributed by atoms with Crippen molar-refractivity contribution in [3.63, 3.8) is 0 Å². The van der Waals surface area contributed by atoms with Crippen LogP contribution in [0.4, 0.5) is 0 Å². The van der Waals surface area contributed by atoms with Crippen molar-refractivity contribution < 1.29 is 17.1 Å². The normalized spacial score (nSPS) is 9.20. The summed E-state index contributed by atoms with van der Waals surface area (Å²) in [4.78, 5) is 3.12. The molecule has 1 aromatic carbocycles. The van der Waals surface area contributed by atoms with E-state index in [0.717, 1.165) is 0 Å². The van der Waals surface area contributed by atoms with Crippen LogP contribution >= 0.6 is 0 Å². The van der Waals surface area contributed by atoms with Gasteiger partial charge in [0.05, 0.1) is 0 Å². The van der Waals surface area contributed by atoms with Crippen LogP contribution in [0.25, 0.3) is 10.9 Å². The van der Waals surface area contributed by atoms with Crippen molar-refractivity contribution in [3.8, 4) is 0 Å². The van der Waals surface area contributed by atoms with E-state index in [2.05, 4.69) is 23.2 Å². The average molecular weight is 172 g/mol. The number of nitrogens with one attached hydrogen (secondary N) is 1. The molecule has 0 aliphatic rings. The second-order valence-corrected chi connectivity index (χ2v) is 2.06. The molecular formula is C8H7MnN. The average Bonchev–Trinajstić information content (AvgIpc) is 2.33. The third kappa shape index (κ3) is 1.08. The van der Waals surface area contributed by atoms with Gasteiger partial charge < -0.3 is 4.98 Å². The summed E-state index contributed by atoms with van der Waals surface area (Å²) in [6.07, 6.45) is 1.95. The zero-order chi connectivity index (χ0) is 6.10. The van der Waals surface area contributed by atoms with Gasteiger partial charge in [-0.3, -0.25) is 0 Å². The maximum absolute atomic E-state index is 3.12. The van der Waals surface area contributed by atoms with Gasteiger partial charge >= 0.3 is 0 Å². The zero-order valence-electron chi connectivity index (χ0n) is 5.34. The van der Waals surface area contributed by atoms with Crippen molar-refractivity contribution in [2.75, 3.05) is 0 Å². The van der Waals surface area contributed by atoms with Gasteiger partial charge in [0.2, 0.25) is 0 Å². The van der Waals surface area contributed by atoms with Crippen LogP contribution < -0.4 is 0 Å². The number of aromatic nitrogens is 1. The Labute approximate surface area is 69.9 Å². The van der Waals surface area contributed by atoms with E-state index in [-0.39, 0.29) is 17.1 Å². The van der Waals surface area contributed by atoms with Crippen LogP contribution in [0.2, 0.25) is 0 Å². The first-order valence-electron chi connectivity index (χ1n) is 2.99. The fraction of sp³-hybridized carbons (Fsp3) is 0. The molecule has 0 aliphatic heterocycles. The van der Waals surface area contributed by atoms with E-state index in [0.29, 0.717) is 0 Å². The summed E-state index contributed by atoms with van der Waals surface area (Å²) in [6.45, 7) is 0. The topological polar surface area (TPSA) is 15.8 Å². The standard InChI is InChI=1S/C8H7N.Mn/c1-2-4-8-7(3-1)5-6-9-8;/h1-6,9H;. The predicted octanol–water partition coefficient (Wildman–Crippen LogP) is 2.17. The SMILES string of the molecule is [Mn].c1ccc2[nH]ccc2c1. The fourth-order valence-corrected chi connectivity index (χ4v) is 0.995. The Morgan fingerprint density at radius 1 is 1.00 bits per heavy atom. The Kier molecular flexibility index (Phi) is 2.15. The molecule has 0 spiro atoms. The van der Waals surface area contributed by atoms with Crippen molar-refractivity contribution in [2.45, 2.75) is 0 Å². The smallest absolute Gasteiger partial charge is 0.0453 e. The molecule has 2 heteroatoms. The number of H-pyrrole nitrogens is 1. The molecule has 10 heavy (non-hydrogen) atoms. The number of hydrogen-bond donors (Lipinski definition) is 1. The summed E-state index contributed by atoms with van der Waals surface area (Å²) < 4.78 is 0. The van der Waals surface area contributed by atoms with Crippen molar-refractivity contribution >= 4 is 10.9 Å². The second-order valence-electron chi connectivity index (χ2n) is 2.06. The molecule has 1 heterocycles. The summed E-state index contributed by atoms with van der Waals surface area (Å²) in [5.41, 5.74) is 1.21. The minimum atomic E-state index is 0. The number of aromatic amines is 1. The van der Waals surface area contributed by atoms with E-state index < -0.39 is 0 Å². The number of para-hydroxylation sites is 1. The maximum atomic E-state index is 3.12. The van der Waals surface area contributed by atoms with Gasteiger partial charge in [-0.05, 0) is 17.5 Å². The molecule has 0 aliphatic carbocycles. The second kappa shape index (κ2) is 2.91. The zero-order valence-corrected chi connectivity index (χ0v) is 6.52. The number of hydrogen-bond acceptors (Lipinski definition) is 0. The Morgan fingerprint density at radius 3 is 2.60 bits per heavy atom. The van der Waals surface area contributed by atoms with Gasteiger partial charge in [0, 0.05) is 28.8 Å². The van der Waals surface area contributed by atoms with Gasteiger partial charge in [-0.15, -0.1) is 0 Å². The van der Waals surface area contributed by atoms with Crippen molar-refractivity contribution in [2.24, 2.45) is 0 Å². The molecule has 2 rings (SSSR count). The van der Waals surface area contributed by atoms with Crippen LogP contribution in [0, 0.1) is 0 Å². The van der Waals surface area contributed by atoms with Crippen LogP contribution in [0.1, 0.15) is 0 Å². The predicted molar refractivity (Wildman–Crippen MR) is 38.3 cm³/mol. The molecule has 51 valence electrons. The van der Waals surface area contributed by atoms with Gasteiger partial charge in [-0.2, -0.15) is 0 Å². The van der Waals surface area contributed by atoms with Crippen LogP contribution in [-0.4, -0.2) is 4.98 Å². The third-order valence-electron chi connectivity index (χ3n) is 1.46. The van der Waals surface area contributed by atoms with Crippen molar-refractivity contribution in [3.05, 3.63) is 36.5 Å². The monoisotopic (exact) mass is 172 g/mol. The molecule has 1 nitrogen and oxygen atoms in total. The molecule has 0 saturated heterocycles. The molecular weight excluding hydrogens is 165 g/mol.